The van der Waals surface area contributed by atoms with Gasteiger partial charge in [-0.1, -0.05) is 6.07 Å². The van der Waals surface area contributed by atoms with Gasteiger partial charge in [0, 0.05) is 7.05 Å². The standard InChI is InChI=1S/C11H12FNO3/c1-6-10(11(14)15)16-8-5-3-4-7(12)9(8)13(6)2/h3-6,10H,1-2H3,(H,14,15). The van der Waals surface area contributed by atoms with Gasteiger partial charge in [0.15, 0.2) is 0 Å². The highest BCUT2D eigenvalue weighted by Gasteiger charge is 2.37. The number of nitrogens with zero attached hydrogens (tertiary/aromatic N) is 1. The molecule has 1 heterocycles. The maximum atomic E-state index is 13.6. The Bertz CT molecular complexity index is 435. The number of carboxylic acids is 1. The third-order valence-electron chi connectivity index (χ3n) is 2.85. The predicted molar refractivity (Wildman–Crippen MR) is 56.3 cm³/mol. The van der Waals surface area contributed by atoms with Gasteiger partial charge in [-0.2, -0.15) is 0 Å². The van der Waals surface area contributed by atoms with E-state index in [1.165, 1.54) is 12.1 Å². The summed E-state index contributed by atoms with van der Waals surface area (Å²) in [7, 11) is 1.66. The molecule has 0 aromatic heterocycles. The summed E-state index contributed by atoms with van der Waals surface area (Å²) >= 11 is 0. The van der Waals surface area contributed by atoms with Gasteiger partial charge in [-0.15, -0.1) is 0 Å². The van der Waals surface area contributed by atoms with Crippen molar-refractivity contribution in [3.05, 3.63) is 24.0 Å². The molecule has 1 aliphatic heterocycles. The first-order valence-corrected chi connectivity index (χ1v) is 4.93. The first-order valence-electron chi connectivity index (χ1n) is 4.93. The highest BCUT2D eigenvalue weighted by Crippen LogP contribution is 2.37. The van der Waals surface area contributed by atoms with Gasteiger partial charge in [0.1, 0.15) is 17.3 Å². The van der Waals surface area contributed by atoms with Gasteiger partial charge in [0.05, 0.1) is 6.04 Å². The SMILES string of the molecule is CC1C(C(=O)O)Oc2cccc(F)c2N1C. The number of benzene rings is 1. The monoisotopic (exact) mass is 225 g/mol. The first kappa shape index (κ1) is 10.7. The van der Waals surface area contributed by atoms with Crippen LogP contribution in [-0.2, 0) is 4.79 Å². The van der Waals surface area contributed by atoms with Crippen LogP contribution in [-0.4, -0.2) is 30.3 Å². The van der Waals surface area contributed by atoms with Crippen molar-refractivity contribution in [1.82, 2.24) is 0 Å². The molecular formula is C11H12FNO3. The number of aliphatic carboxylic acids is 1. The molecule has 1 aliphatic rings. The number of carboxylic acid groups (broad SMARTS) is 1. The number of anilines is 1. The van der Waals surface area contributed by atoms with Crippen LogP contribution < -0.4 is 9.64 Å². The van der Waals surface area contributed by atoms with E-state index in [4.69, 9.17) is 9.84 Å². The van der Waals surface area contributed by atoms with Gasteiger partial charge in [-0.3, -0.25) is 0 Å². The van der Waals surface area contributed by atoms with Gasteiger partial charge < -0.3 is 14.7 Å². The Balaban J connectivity index is 2.48. The molecule has 0 radical (unpaired) electrons. The lowest BCUT2D eigenvalue weighted by atomic mass is 10.1. The summed E-state index contributed by atoms with van der Waals surface area (Å²) in [5.74, 6) is -1.18. The Morgan fingerprint density at radius 1 is 1.56 bits per heavy atom. The number of carbonyl (C=O) groups is 1. The Morgan fingerprint density at radius 3 is 2.88 bits per heavy atom. The molecule has 2 unspecified atom stereocenters. The van der Waals surface area contributed by atoms with Crippen molar-refractivity contribution in [2.75, 3.05) is 11.9 Å². The Labute approximate surface area is 92.2 Å². The van der Waals surface area contributed by atoms with Crippen molar-refractivity contribution in [2.45, 2.75) is 19.1 Å². The third-order valence-corrected chi connectivity index (χ3v) is 2.85. The van der Waals surface area contributed by atoms with E-state index in [0.717, 1.165) is 0 Å². The Hall–Kier alpha value is -1.78. The van der Waals surface area contributed by atoms with Crippen LogP contribution in [0.3, 0.4) is 0 Å². The number of halogens is 1. The van der Waals surface area contributed by atoms with Crippen molar-refractivity contribution in [3.8, 4) is 5.75 Å². The molecule has 4 nitrogen and oxygen atoms in total. The molecule has 0 aliphatic carbocycles. The van der Waals surface area contributed by atoms with E-state index < -0.39 is 23.9 Å². The van der Waals surface area contributed by atoms with E-state index in [-0.39, 0.29) is 5.75 Å². The quantitative estimate of drug-likeness (QED) is 0.786. The summed E-state index contributed by atoms with van der Waals surface area (Å²) in [6, 6.07) is 3.97. The maximum Gasteiger partial charge on any atom is 0.347 e. The van der Waals surface area contributed by atoms with Crippen LogP contribution >= 0.6 is 0 Å². The molecule has 2 rings (SSSR count). The molecular weight excluding hydrogens is 213 g/mol. The van der Waals surface area contributed by atoms with Crippen LogP contribution in [0.2, 0.25) is 0 Å². The molecule has 1 N–H and O–H groups in total. The van der Waals surface area contributed by atoms with Crippen LogP contribution in [0.25, 0.3) is 0 Å². The molecule has 16 heavy (non-hydrogen) atoms. The molecule has 86 valence electrons. The molecule has 2 atom stereocenters. The van der Waals surface area contributed by atoms with Crippen LogP contribution in [0.15, 0.2) is 18.2 Å². The van der Waals surface area contributed by atoms with E-state index in [0.29, 0.717) is 5.69 Å². The van der Waals surface area contributed by atoms with Crippen molar-refractivity contribution < 1.29 is 19.0 Å². The second kappa shape index (κ2) is 3.66. The highest BCUT2D eigenvalue weighted by atomic mass is 19.1. The summed E-state index contributed by atoms with van der Waals surface area (Å²) < 4.78 is 18.8. The van der Waals surface area contributed by atoms with Crippen molar-refractivity contribution >= 4 is 11.7 Å². The Kier molecular flexibility index (Phi) is 2.46. The summed E-state index contributed by atoms with van der Waals surface area (Å²) in [4.78, 5) is 12.5. The average Bonchev–Trinajstić information content (AvgIpc) is 2.22. The van der Waals surface area contributed by atoms with E-state index >= 15 is 0 Å². The number of likely N-dealkylation sites (N-methyl/N-ethyl adjacent to an activating group) is 1. The minimum atomic E-state index is -1.05. The normalized spacial score (nSPS) is 23.6. The molecule has 0 saturated carbocycles. The molecule has 0 fully saturated rings. The van der Waals surface area contributed by atoms with Gasteiger partial charge in [0.25, 0.3) is 0 Å². The van der Waals surface area contributed by atoms with Crippen LogP contribution in [0, 0.1) is 5.82 Å². The maximum absolute atomic E-state index is 13.6. The fraction of sp³-hybridized carbons (Fsp3) is 0.364. The molecule has 5 heteroatoms. The van der Waals surface area contributed by atoms with Crippen LogP contribution in [0.1, 0.15) is 6.92 Å². The summed E-state index contributed by atoms with van der Waals surface area (Å²) in [6.45, 7) is 1.69. The van der Waals surface area contributed by atoms with E-state index in [1.807, 2.05) is 0 Å². The first-order chi connectivity index (χ1) is 7.52. The molecule has 0 saturated heterocycles. The lowest BCUT2D eigenvalue weighted by Gasteiger charge is -2.37. The van der Waals surface area contributed by atoms with Gasteiger partial charge >= 0.3 is 5.97 Å². The topological polar surface area (TPSA) is 49.8 Å². The molecule has 1 aromatic carbocycles. The number of hydrogen-bond acceptors (Lipinski definition) is 3. The number of hydrogen-bond donors (Lipinski definition) is 1. The minimum Gasteiger partial charge on any atom is -0.478 e. The zero-order chi connectivity index (χ0) is 11.9. The van der Waals surface area contributed by atoms with E-state index in [9.17, 15) is 9.18 Å². The largest absolute Gasteiger partial charge is 0.478 e. The van der Waals surface area contributed by atoms with Crippen molar-refractivity contribution in [3.63, 3.8) is 0 Å². The molecule has 1 aromatic rings. The molecule has 0 amide bonds. The van der Waals surface area contributed by atoms with E-state index in [2.05, 4.69) is 0 Å². The second-order valence-corrected chi connectivity index (χ2v) is 3.81. The van der Waals surface area contributed by atoms with Gasteiger partial charge in [-0.25, -0.2) is 9.18 Å². The minimum absolute atomic E-state index is 0.271. The smallest absolute Gasteiger partial charge is 0.347 e. The van der Waals surface area contributed by atoms with Crippen LogP contribution in [0.4, 0.5) is 10.1 Å². The number of para-hydroxylation sites is 1. The summed E-state index contributed by atoms with van der Waals surface area (Å²) in [6.07, 6.45) is -0.973. The number of ether oxygens (including phenoxy) is 1. The Morgan fingerprint density at radius 2 is 2.25 bits per heavy atom. The lowest BCUT2D eigenvalue weighted by Crippen LogP contribution is -2.50. The summed E-state index contributed by atoms with van der Waals surface area (Å²) in [5.41, 5.74) is 0.313. The van der Waals surface area contributed by atoms with Gasteiger partial charge in [0.2, 0.25) is 6.10 Å². The van der Waals surface area contributed by atoms with E-state index in [1.54, 1.807) is 24.9 Å². The van der Waals surface area contributed by atoms with Crippen molar-refractivity contribution in [1.29, 1.82) is 0 Å². The average molecular weight is 225 g/mol. The highest BCUT2D eigenvalue weighted by molar-refractivity contribution is 5.77. The van der Waals surface area contributed by atoms with Gasteiger partial charge in [-0.05, 0) is 19.1 Å². The predicted octanol–water partition coefficient (Wildman–Crippen LogP) is 1.50. The second-order valence-electron chi connectivity index (χ2n) is 3.81. The zero-order valence-corrected chi connectivity index (χ0v) is 8.98. The lowest BCUT2D eigenvalue weighted by molar-refractivity contribution is -0.146. The fourth-order valence-electron chi connectivity index (χ4n) is 1.83. The zero-order valence-electron chi connectivity index (χ0n) is 8.98. The number of rotatable bonds is 1. The molecule has 0 spiro atoms. The summed E-state index contributed by atoms with van der Waals surface area (Å²) in [5, 5.41) is 8.98. The number of fused-ring (bicyclic) bond motifs is 1. The van der Waals surface area contributed by atoms with Crippen molar-refractivity contribution in [2.24, 2.45) is 0 Å². The fourth-order valence-corrected chi connectivity index (χ4v) is 1.83. The third kappa shape index (κ3) is 1.48. The van der Waals surface area contributed by atoms with Crippen LogP contribution in [0.5, 0.6) is 5.75 Å². The molecule has 0 bridgehead atoms.